The summed E-state index contributed by atoms with van der Waals surface area (Å²) >= 11 is 2.28. The molecule has 1 fully saturated rings. The number of hydrogen-bond acceptors (Lipinski definition) is 3. The lowest BCUT2D eigenvalue weighted by molar-refractivity contribution is -0.145. The first-order valence-corrected chi connectivity index (χ1v) is 6.34. The van der Waals surface area contributed by atoms with Gasteiger partial charge < -0.3 is 10.1 Å². The van der Waals surface area contributed by atoms with Crippen LogP contribution in [0.2, 0.25) is 0 Å². The van der Waals surface area contributed by atoms with Crippen molar-refractivity contribution in [2.24, 2.45) is 5.92 Å². The van der Waals surface area contributed by atoms with Gasteiger partial charge in [-0.25, -0.2) is 0 Å². The number of rotatable bonds is 2. The standard InChI is InChI=1S/C12H14INO2/c1-16-12(15)11-7-14-6-10(11)8-2-4-9(13)5-3-8/h2-5,10-11,14H,6-7H2,1H3/t10-,11+/m1/s1. The molecule has 0 spiro atoms. The Hall–Kier alpha value is -0.620. The summed E-state index contributed by atoms with van der Waals surface area (Å²) in [4.78, 5) is 11.6. The number of halogens is 1. The second-order valence-electron chi connectivity index (χ2n) is 3.95. The lowest BCUT2D eigenvalue weighted by Crippen LogP contribution is -2.22. The van der Waals surface area contributed by atoms with E-state index < -0.39 is 0 Å². The average molecular weight is 331 g/mol. The molecule has 2 rings (SSSR count). The Labute approximate surface area is 109 Å². The van der Waals surface area contributed by atoms with Crippen LogP contribution >= 0.6 is 22.6 Å². The highest BCUT2D eigenvalue weighted by atomic mass is 127. The molecular formula is C12H14INO2. The molecule has 16 heavy (non-hydrogen) atoms. The van der Waals surface area contributed by atoms with Crippen molar-refractivity contribution in [1.29, 1.82) is 0 Å². The lowest BCUT2D eigenvalue weighted by atomic mass is 9.89. The molecule has 1 aliphatic heterocycles. The second kappa shape index (κ2) is 5.14. The zero-order chi connectivity index (χ0) is 11.5. The minimum Gasteiger partial charge on any atom is -0.469 e. The third-order valence-corrected chi connectivity index (χ3v) is 3.74. The first-order valence-electron chi connectivity index (χ1n) is 5.26. The summed E-state index contributed by atoms with van der Waals surface area (Å²) in [5.41, 5.74) is 1.21. The van der Waals surface area contributed by atoms with E-state index in [4.69, 9.17) is 4.74 Å². The van der Waals surface area contributed by atoms with Crippen LogP contribution in [0.25, 0.3) is 0 Å². The molecular weight excluding hydrogens is 317 g/mol. The zero-order valence-corrected chi connectivity index (χ0v) is 11.2. The van der Waals surface area contributed by atoms with E-state index in [2.05, 4.69) is 52.2 Å². The Kier molecular flexibility index (Phi) is 3.81. The Morgan fingerprint density at radius 1 is 1.38 bits per heavy atom. The smallest absolute Gasteiger partial charge is 0.310 e. The van der Waals surface area contributed by atoms with Gasteiger partial charge in [0.1, 0.15) is 0 Å². The van der Waals surface area contributed by atoms with E-state index in [1.807, 2.05) is 0 Å². The number of hydrogen-bond donors (Lipinski definition) is 1. The van der Waals surface area contributed by atoms with E-state index in [-0.39, 0.29) is 17.8 Å². The van der Waals surface area contributed by atoms with Crippen molar-refractivity contribution in [3.63, 3.8) is 0 Å². The number of benzene rings is 1. The summed E-state index contributed by atoms with van der Waals surface area (Å²) in [5, 5.41) is 3.25. The van der Waals surface area contributed by atoms with E-state index >= 15 is 0 Å². The van der Waals surface area contributed by atoms with Gasteiger partial charge in [0.05, 0.1) is 13.0 Å². The largest absolute Gasteiger partial charge is 0.469 e. The molecule has 4 heteroatoms. The molecule has 1 N–H and O–H groups in total. The van der Waals surface area contributed by atoms with Crippen LogP contribution in [-0.4, -0.2) is 26.2 Å². The molecule has 0 amide bonds. The monoisotopic (exact) mass is 331 g/mol. The fourth-order valence-corrected chi connectivity index (χ4v) is 2.50. The quantitative estimate of drug-likeness (QED) is 0.663. The molecule has 1 aliphatic rings. The van der Waals surface area contributed by atoms with Gasteiger partial charge in [-0.15, -0.1) is 0 Å². The highest BCUT2D eigenvalue weighted by molar-refractivity contribution is 14.1. The van der Waals surface area contributed by atoms with Crippen LogP contribution in [-0.2, 0) is 9.53 Å². The molecule has 1 aromatic rings. The zero-order valence-electron chi connectivity index (χ0n) is 9.07. The molecule has 0 aliphatic carbocycles. The van der Waals surface area contributed by atoms with Crippen molar-refractivity contribution in [1.82, 2.24) is 5.32 Å². The van der Waals surface area contributed by atoms with Gasteiger partial charge in [-0.1, -0.05) is 12.1 Å². The summed E-state index contributed by atoms with van der Waals surface area (Å²) in [7, 11) is 1.45. The predicted octanol–water partition coefficient (Wildman–Crippen LogP) is 1.77. The molecule has 1 heterocycles. The van der Waals surface area contributed by atoms with Crippen LogP contribution in [0.15, 0.2) is 24.3 Å². The number of carbonyl (C=O) groups is 1. The third kappa shape index (κ3) is 2.38. The van der Waals surface area contributed by atoms with E-state index in [0.717, 1.165) is 6.54 Å². The molecule has 0 unspecified atom stereocenters. The van der Waals surface area contributed by atoms with Crippen LogP contribution < -0.4 is 5.32 Å². The van der Waals surface area contributed by atoms with Gasteiger partial charge in [0.2, 0.25) is 0 Å². The van der Waals surface area contributed by atoms with E-state index in [1.165, 1.54) is 16.2 Å². The van der Waals surface area contributed by atoms with Crippen LogP contribution in [0.1, 0.15) is 11.5 Å². The van der Waals surface area contributed by atoms with E-state index in [0.29, 0.717) is 6.54 Å². The third-order valence-electron chi connectivity index (χ3n) is 3.02. The van der Waals surface area contributed by atoms with Crippen molar-refractivity contribution >= 4 is 28.6 Å². The highest BCUT2D eigenvalue weighted by Crippen LogP contribution is 2.29. The van der Waals surface area contributed by atoms with Crippen LogP contribution in [0.3, 0.4) is 0 Å². The van der Waals surface area contributed by atoms with Gasteiger partial charge in [0.15, 0.2) is 0 Å². The van der Waals surface area contributed by atoms with Crippen LogP contribution in [0.4, 0.5) is 0 Å². The number of nitrogens with one attached hydrogen (secondary N) is 1. The minimum absolute atomic E-state index is 0.0509. The molecule has 1 saturated heterocycles. The maximum Gasteiger partial charge on any atom is 0.310 e. The summed E-state index contributed by atoms with van der Waals surface area (Å²) in [5.74, 6) is 0.0723. The molecule has 0 radical (unpaired) electrons. The fourth-order valence-electron chi connectivity index (χ4n) is 2.14. The minimum atomic E-state index is -0.117. The van der Waals surface area contributed by atoms with Crippen LogP contribution in [0, 0.1) is 9.49 Å². The van der Waals surface area contributed by atoms with Crippen molar-refractivity contribution in [3.05, 3.63) is 33.4 Å². The highest BCUT2D eigenvalue weighted by Gasteiger charge is 2.34. The van der Waals surface area contributed by atoms with E-state index in [1.54, 1.807) is 0 Å². The van der Waals surface area contributed by atoms with Crippen molar-refractivity contribution < 1.29 is 9.53 Å². The maximum absolute atomic E-state index is 11.6. The maximum atomic E-state index is 11.6. The van der Waals surface area contributed by atoms with E-state index in [9.17, 15) is 4.79 Å². The second-order valence-corrected chi connectivity index (χ2v) is 5.19. The summed E-state index contributed by atoms with van der Waals surface area (Å²) in [6.45, 7) is 1.56. The number of methoxy groups -OCH3 is 1. The number of carbonyl (C=O) groups excluding carboxylic acids is 1. The van der Waals surface area contributed by atoms with Crippen molar-refractivity contribution in [2.75, 3.05) is 20.2 Å². The molecule has 1 aromatic carbocycles. The van der Waals surface area contributed by atoms with Gasteiger partial charge >= 0.3 is 5.97 Å². The van der Waals surface area contributed by atoms with Crippen LogP contribution in [0.5, 0.6) is 0 Å². The van der Waals surface area contributed by atoms with Gasteiger partial charge in [-0.05, 0) is 40.3 Å². The Morgan fingerprint density at radius 2 is 2.06 bits per heavy atom. The Morgan fingerprint density at radius 3 is 2.69 bits per heavy atom. The Balaban J connectivity index is 2.19. The molecule has 2 atom stereocenters. The lowest BCUT2D eigenvalue weighted by Gasteiger charge is -2.16. The SMILES string of the molecule is COC(=O)[C@H]1CNC[C@@H]1c1ccc(I)cc1. The topological polar surface area (TPSA) is 38.3 Å². The van der Waals surface area contributed by atoms with Gasteiger partial charge in [-0.2, -0.15) is 0 Å². The molecule has 0 bridgehead atoms. The summed E-state index contributed by atoms with van der Waals surface area (Å²) in [6, 6.07) is 8.33. The Bertz CT molecular complexity index is 377. The first-order chi connectivity index (χ1) is 7.72. The molecule has 3 nitrogen and oxygen atoms in total. The average Bonchev–Trinajstić information content (AvgIpc) is 2.78. The van der Waals surface area contributed by atoms with Gasteiger partial charge in [0, 0.05) is 22.6 Å². The van der Waals surface area contributed by atoms with Gasteiger partial charge in [0.25, 0.3) is 0 Å². The van der Waals surface area contributed by atoms with Crippen molar-refractivity contribution in [3.8, 4) is 0 Å². The molecule has 86 valence electrons. The number of ether oxygens (including phenoxy) is 1. The summed E-state index contributed by atoms with van der Waals surface area (Å²) in [6.07, 6.45) is 0. The number of esters is 1. The van der Waals surface area contributed by atoms with Crippen molar-refractivity contribution in [2.45, 2.75) is 5.92 Å². The fraction of sp³-hybridized carbons (Fsp3) is 0.417. The molecule has 0 aromatic heterocycles. The summed E-state index contributed by atoms with van der Waals surface area (Å²) < 4.78 is 6.04. The molecule has 0 saturated carbocycles. The first kappa shape index (κ1) is 11.9. The predicted molar refractivity (Wildman–Crippen MR) is 70.3 cm³/mol. The van der Waals surface area contributed by atoms with Gasteiger partial charge in [-0.3, -0.25) is 4.79 Å². The normalized spacial score (nSPS) is 24.4.